The lowest BCUT2D eigenvalue weighted by Gasteiger charge is -2.28. The minimum Gasteiger partial charge on any atom is -0.490 e. The molecule has 1 amide bonds. The van der Waals surface area contributed by atoms with Crippen molar-refractivity contribution in [2.45, 2.75) is 51.7 Å². The van der Waals surface area contributed by atoms with Crippen LogP contribution in [0, 0.1) is 11.3 Å². The predicted octanol–water partition coefficient (Wildman–Crippen LogP) is 4.91. The van der Waals surface area contributed by atoms with Crippen LogP contribution in [0.4, 0.5) is 11.4 Å². The van der Waals surface area contributed by atoms with Crippen LogP contribution in [-0.2, 0) is 21.2 Å². The number of benzene rings is 1. The fourth-order valence-electron chi connectivity index (χ4n) is 3.22. The Bertz CT molecular complexity index is 1030. The van der Waals surface area contributed by atoms with Crippen LogP contribution in [0.3, 0.4) is 0 Å². The first-order valence-corrected chi connectivity index (χ1v) is 12.5. The molecule has 0 aliphatic carbocycles. The second-order valence-electron chi connectivity index (χ2n) is 8.67. The average Bonchev–Trinajstić information content (AvgIpc) is 3.14. The molecule has 8 heteroatoms. The molecule has 0 fully saturated rings. The molecular formula is C22H30N2O4S2. The zero-order chi connectivity index (χ0) is 22.1. The van der Waals surface area contributed by atoms with E-state index in [-0.39, 0.29) is 16.7 Å². The smallest absolute Gasteiger partial charge is 0.271 e. The lowest BCUT2D eigenvalue weighted by atomic mass is 9.92. The van der Waals surface area contributed by atoms with E-state index < -0.39 is 15.4 Å². The number of aryl methyl sites for hydroxylation is 1. The van der Waals surface area contributed by atoms with Crippen LogP contribution < -0.4 is 14.4 Å². The first kappa shape index (κ1) is 22.6. The molecule has 0 unspecified atom stereocenters. The molecule has 0 atom stereocenters. The van der Waals surface area contributed by atoms with Crippen molar-refractivity contribution in [1.29, 1.82) is 0 Å². The molecule has 0 saturated heterocycles. The van der Waals surface area contributed by atoms with Crippen molar-refractivity contribution in [2.75, 3.05) is 22.8 Å². The molecular weight excluding hydrogens is 420 g/mol. The molecule has 1 aliphatic rings. The molecule has 1 aromatic carbocycles. The number of carbonyl (C=O) groups excluding carboxylic acids is 1. The number of nitrogens with zero attached hydrogens (tertiary/aromatic N) is 1. The lowest BCUT2D eigenvalue weighted by Crippen LogP contribution is -2.42. The van der Waals surface area contributed by atoms with Crippen molar-refractivity contribution >= 4 is 38.6 Å². The Kier molecular flexibility index (Phi) is 6.48. The normalized spacial score (nSPS) is 16.2. The number of hydrogen-bond acceptors (Lipinski definition) is 5. The number of ether oxygens (including phenoxy) is 1. The van der Waals surface area contributed by atoms with Gasteiger partial charge in [-0.25, -0.2) is 8.42 Å². The second-order valence-corrected chi connectivity index (χ2v) is 11.8. The molecule has 164 valence electrons. The highest BCUT2D eigenvalue weighted by Crippen LogP contribution is 2.39. The minimum absolute atomic E-state index is 0.0206. The maximum Gasteiger partial charge on any atom is 0.271 e. The van der Waals surface area contributed by atoms with Crippen LogP contribution in [-0.4, -0.2) is 27.5 Å². The maximum absolute atomic E-state index is 13.2. The van der Waals surface area contributed by atoms with Crippen LogP contribution >= 0.6 is 11.3 Å². The Morgan fingerprint density at radius 2 is 1.97 bits per heavy atom. The first-order valence-electron chi connectivity index (χ1n) is 10.2. The number of hydrogen-bond donors (Lipinski definition) is 1. The van der Waals surface area contributed by atoms with E-state index in [0.717, 1.165) is 17.7 Å². The van der Waals surface area contributed by atoms with Gasteiger partial charge in [-0.1, -0.05) is 20.8 Å². The number of amides is 1. The molecule has 2 heterocycles. The maximum atomic E-state index is 13.2. The summed E-state index contributed by atoms with van der Waals surface area (Å²) in [6.07, 6.45) is 1.63. The van der Waals surface area contributed by atoms with Crippen LogP contribution in [0.25, 0.3) is 0 Å². The molecule has 6 nitrogen and oxygen atoms in total. The zero-order valence-corrected chi connectivity index (χ0v) is 19.8. The Morgan fingerprint density at radius 1 is 1.23 bits per heavy atom. The van der Waals surface area contributed by atoms with Crippen LogP contribution in [0.2, 0.25) is 0 Å². The summed E-state index contributed by atoms with van der Waals surface area (Å²) in [5.74, 6) is 1.000. The Morgan fingerprint density at radius 3 is 2.60 bits per heavy atom. The molecule has 2 aromatic rings. The van der Waals surface area contributed by atoms with Crippen molar-refractivity contribution in [3.63, 3.8) is 0 Å². The van der Waals surface area contributed by atoms with Gasteiger partial charge in [0.05, 0.1) is 16.8 Å². The number of thiophene rings is 1. The molecule has 1 N–H and O–H groups in total. The van der Waals surface area contributed by atoms with E-state index in [1.54, 1.807) is 29.2 Å². The predicted molar refractivity (Wildman–Crippen MR) is 122 cm³/mol. The van der Waals surface area contributed by atoms with Crippen molar-refractivity contribution in [3.8, 4) is 5.75 Å². The summed E-state index contributed by atoms with van der Waals surface area (Å²) < 4.78 is 34.5. The van der Waals surface area contributed by atoms with Gasteiger partial charge in [-0.15, -0.1) is 11.3 Å². The third-order valence-electron chi connectivity index (χ3n) is 5.09. The van der Waals surface area contributed by atoms with Gasteiger partial charge in [0.25, 0.3) is 10.0 Å². The number of sulfonamides is 1. The van der Waals surface area contributed by atoms with Crippen molar-refractivity contribution in [3.05, 3.63) is 35.2 Å². The molecule has 0 spiro atoms. The number of nitrogens with one attached hydrogen (secondary N) is 1. The van der Waals surface area contributed by atoms with Crippen molar-refractivity contribution < 1.29 is 17.9 Å². The van der Waals surface area contributed by atoms with Gasteiger partial charge in [-0.05, 0) is 62.9 Å². The number of fused-ring (bicyclic) bond motifs is 1. The average molecular weight is 451 g/mol. The summed E-state index contributed by atoms with van der Waals surface area (Å²) in [5.41, 5.74) is 0.348. The first-order chi connectivity index (χ1) is 14.0. The third kappa shape index (κ3) is 4.81. The van der Waals surface area contributed by atoms with E-state index >= 15 is 0 Å². The Hall–Kier alpha value is -2.06. The highest BCUT2D eigenvalue weighted by Gasteiger charge is 2.37. The van der Waals surface area contributed by atoms with Gasteiger partial charge in [0.15, 0.2) is 0 Å². The SMILES string of the molecule is CCc1ccc(S(=O)(=O)Nc2ccc3c(c2)N(CCC(C)C)C(=O)C(C)(C)CO3)s1. The molecule has 0 bridgehead atoms. The highest BCUT2D eigenvalue weighted by molar-refractivity contribution is 7.94. The fraction of sp³-hybridized carbons (Fsp3) is 0.500. The summed E-state index contributed by atoms with van der Waals surface area (Å²) in [4.78, 5) is 16.0. The van der Waals surface area contributed by atoms with Crippen LogP contribution in [0.15, 0.2) is 34.5 Å². The fourth-order valence-corrected chi connectivity index (χ4v) is 5.56. The van der Waals surface area contributed by atoms with E-state index in [1.807, 2.05) is 26.8 Å². The lowest BCUT2D eigenvalue weighted by molar-refractivity contribution is -0.127. The molecule has 1 aliphatic heterocycles. The largest absolute Gasteiger partial charge is 0.490 e. The molecule has 0 saturated carbocycles. The Labute approximate surface area is 183 Å². The van der Waals surface area contributed by atoms with Gasteiger partial charge in [0.1, 0.15) is 16.6 Å². The van der Waals surface area contributed by atoms with E-state index in [9.17, 15) is 13.2 Å². The second kappa shape index (κ2) is 8.59. The summed E-state index contributed by atoms with van der Waals surface area (Å²) in [6, 6.07) is 8.56. The van der Waals surface area contributed by atoms with Crippen LogP contribution in [0.1, 0.15) is 45.9 Å². The van der Waals surface area contributed by atoms with Gasteiger partial charge in [0.2, 0.25) is 5.91 Å². The summed E-state index contributed by atoms with van der Waals surface area (Å²) >= 11 is 1.26. The van der Waals surface area contributed by atoms with E-state index in [2.05, 4.69) is 18.6 Å². The van der Waals surface area contributed by atoms with Gasteiger partial charge >= 0.3 is 0 Å². The number of rotatable bonds is 7. The molecule has 3 rings (SSSR count). The quantitative estimate of drug-likeness (QED) is 0.650. The Balaban J connectivity index is 1.95. The van der Waals surface area contributed by atoms with Crippen molar-refractivity contribution in [1.82, 2.24) is 0 Å². The van der Waals surface area contributed by atoms with Gasteiger partial charge in [0, 0.05) is 11.4 Å². The van der Waals surface area contributed by atoms with Crippen molar-refractivity contribution in [2.24, 2.45) is 11.3 Å². The summed E-state index contributed by atoms with van der Waals surface area (Å²) in [6.45, 7) is 10.8. The summed E-state index contributed by atoms with van der Waals surface area (Å²) in [5, 5.41) is 0. The standard InChI is InChI=1S/C22H30N2O4S2/c1-6-17-8-10-20(29-17)30(26,27)23-16-7-9-19-18(13-16)24(12-11-15(2)3)21(25)22(4,5)14-28-19/h7-10,13,15,23H,6,11-12,14H2,1-5H3. The molecule has 0 radical (unpaired) electrons. The third-order valence-corrected chi connectivity index (χ3v) is 8.20. The van der Waals surface area contributed by atoms with E-state index in [1.165, 1.54) is 11.3 Å². The van der Waals surface area contributed by atoms with Crippen LogP contribution in [0.5, 0.6) is 5.75 Å². The topological polar surface area (TPSA) is 75.7 Å². The van der Waals surface area contributed by atoms with Gasteiger partial charge in [-0.3, -0.25) is 9.52 Å². The number of carbonyl (C=O) groups is 1. The van der Waals surface area contributed by atoms with E-state index in [4.69, 9.17) is 4.74 Å². The monoisotopic (exact) mass is 450 g/mol. The summed E-state index contributed by atoms with van der Waals surface area (Å²) in [7, 11) is -3.69. The van der Waals surface area contributed by atoms with E-state index in [0.29, 0.717) is 29.6 Å². The highest BCUT2D eigenvalue weighted by atomic mass is 32.2. The minimum atomic E-state index is -3.69. The molecule has 30 heavy (non-hydrogen) atoms. The van der Waals surface area contributed by atoms with Gasteiger partial charge < -0.3 is 9.64 Å². The zero-order valence-electron chi connectivity index (χ0n) is 18.2. The molecule has 1 aromatic heterocycles. The van der Waals surface area contributed by atoms with Gasteiger partial charge in [-0.2, -0.15) is 0 Å². The number of anilines is 2.